The molecule has 0 heterocycles. The van der Waals surface area contributed by atoms with E-state index in [0.717, 1.165) is 26.3 Å². The first kappa shape index (κ1) is 13.6. The molecule has 78 valence electrons. The number of nitrogens with zero attached hydrogens (tertiary/aromatic N) is 2. The van der Waals surface area contributed by atoms with Crippen molar-refractivity contribution in [3.05, 3.63) is 0 Å². The second kappa shape index (κ2) is 9.20. The van der Waals surface area contributed by atoms with Gasteiger partial charge in [-0.1, -0.05) is 0 Å². The maximum atomic E-state index is 5.41. The average molecular weight is 295 g/mol. The molecule has 0 N–H and O–H groups in total. The third-order valence-electron chi connectivity index (χ3n) is 1.40. The summed E-state index contributed by atoms with van der Waals surface area (Å²) in [6, 6.07) is 0. The van der Waals surface area contributed by atoms with E-state index in [4.69, 9.17) is 6.15 Å². The Labute approximate surface area is 92.5 Å². The van der Waals surface area contributed by atoms with Gasteiger partial charge in [-0.15, -0.1) is 0 Å². The van der Waals surface area contributed by atoms with Gasteiger partial charge in [-0.3, -0.25) is 0 Å². The Hall–Kier alpha value is 0.639. The zero-order valence-electron chi connectivity index (χ0n) is 9.04. The monoisotopic (exact) mass is 296 g/mol. The number of likely N-dealkylation sites (N-methyl/N-ethyl adjacent to an activating group) is 2. The van der Waals surface area contributed by atoms with Crippen LogP contribution in [0.1, 0.15) is 0 Å². The van der Waals surface area contributed by atoms with Crippen molar-refractivity contribution in [1.82, 2.24) is 9.80 Å². The fraction of sp³-hybridized carbons (Fsp3) is 1.00. The Kier molecular flexibility index (Phi) is 9.66. The van der Waals surface area contributed by atoms with Crippen LogP contribution in [0, 0.1) is 0 Å². The normalized spacial score (nSPS) is 11.5. The molecule has 0 saturated carbocycles. The van der Waals surface area contributed by atoms with E-state index in [-0.39, 0.29) is 0 Å². The fourth-order valence-electron chi connectivity index (χ4n) is 0.581. The topological polar surface area (TPSA) is 24.9 Å². The SMILES string of the molecule is CN(C)CC[O][Sn][O]CCN(C)C. The van der Waals surface area contributed by atoms with Gasteiger partial charge in [0.1, 0.15) is 0 Å². The van der Waals surface area contributed by atoms with E-state index >= 15 is 0 Å². The Bertz CT molecular complexity index is 100. The molecule has 5 heteroatoms. The van der Waals surface area contributed by atoms with Gasteiger partial charge >= 0.3 is 92.4 Å². The van der Waals surface area contributed by atoms with E-state index < -0.39 is 22.0 Å². The molecule has 4 nitrogen and oxygen atoms in total. The molecule has 0 aromatic heterocycles. The van der Waals surface area contributed by atoms with Crippen molar-refractivity contribution in [3.8, 4) is 0 Å². The van der Waals surface area contributed by atoms with E-state index in [1.165, 1.54) is 0 Å². The van der Waals surface area contributed by atoms with Crippen LogP contribution < -0.4 is 0 Å². The summed E-state index contributed by atoms with van der Waals surface area (Å²) in [6.45, 7) is 3.58. The second-order valence-corrected chi connectivity index (χ2v) is 5.51. The van der Waals surface area contributed by atoms with Crippen LogP contribution in [0.15, 0.2) is 0 Å². The molecule has 2 radical (unpaired) electrons. The third kappa shape index (κ3) is 12.6. The molecule has 0 aliphatic rings. The molecule has 0 aromatic carbocycles. The van der Waals surface area contributed by atoms with Gasteiger partial charge in [0.25, 0.3) is 0 Å². The van der Waals surface area contributed by atoms with Gasteiger partial charge in [0.15, 0.2) is 0 Å². The van der Waals surface area contributed by atoms with Crippen molar-refractivity contribution in [2.24, 2.45) is 0 Å². The fourth-order valence-corrected chi connectivity index (χ4v) is 1.82. The summed E-state index contributed by atoms with van der Waals surface area (Å²) in [5.74, 6) is 0. The summed E-state index contributed by atoms with van der Waals surface area (Å²) in [5, 5.41) is 0. The van der Waals surface area contributed by atoms with Gasteiger partial charge in [-0.05, 0) is 0 Å². The Morgan fingerprint density at radius 1 is 0.846 bits per heavy atom. The first-order chi connectivity index (χ1) is 6.13. The predicted molar refractivity (Wildman–Crippen MR) is 54.8 cm³/mol. The van der Waals surface area contributed by atoms with E-state index in [0.29, 0.717) is 0 Å². The molecule has 0 spiro atoms. The average Bonchev–Trinajstić information content (AvgIpc) is 2.01. The quantitative estimate of drug-likeness (QED) is 0.452. The van der Waals surface area contributed by atoms with E-state index in [9.17, 15) is 0 Å². The van der Waals surface area contributed by atoms with Crippen LogP contribution in [-0.4, -0.2) is 86.3 Å². The van der Waals surface area contributed by atoms with Crippen LogP contribution in [0.2, 0.25) is 0 Å². The molecular weight excluding hydrogens is 275 g/mol. The van der Waals surface area contributed by atoms with Gasteiger partial charge in [0, 0.05) is 0 Å². The summed E-state index contributed by atoms with van der Waals surface area (Å²) < 4.78 is 10.8. The van der Waals surface area contributed by atoms with Crippen molar-refractivity contribution in [2.45, 2.75) is 0 Å². The van der Waals surface area contributed by atoms with Crippen LogP contribution >= 0.6 is 0 Å². The molecule has 0 aliphatic heterocycles. The van der Waals surface area contributed by atoms with Gasteiger partial charge in [0.05, 0.1) is 0 Å². The first-order valence-electron chi connectivity index (χ1n) is 4.41. The summed E-state index contributed by atoms with van der Waals surface area (Å²) in [7, 11) is 8.17. The van der Waals surface area contributed by atoms with Gasteiger partial charge in [0.2, 0.25) is 0 Å². The summed E-state index contributed by atoms with van der Waals surface area (Å²) >= 11 is -0.982. The summed E-state index contributed by atoms with van der Waals surface area (Å²) in [4.78, 5) is 4.22. The molecule has 0 bridgehead atoms. The molecule has 0 unspecified atom stereocenters. The summed E-state index contributed by atoms with van der Waals surface area (Å²) in [6.07, 6.45) is 0. The molecule has 0 saturated heterocycles. The third-order valence-corrected chi connectivity index (χ3v) is 3.24. The van der Waals surface area contributed by atoms with Crippen LogP contribution in [-0.2, 0) is 6.15 Å². The van der Waals surface area contributed by atoms with Crippen molar-refractivity contribution in [3.63, 3.8) is 0 Å². The maximum absolute atomic E-state index is 5.41. The second-order valence-electron chi connectivity index (χ2n) is 3.39. The Morgan fingerprint density at radius 3 is 1.54 bits per heavy atom. The zero-order valence-corrected chi connectivity index (χ0v) is 11.9. The van der Waals surface area contributed by atoms with E-state index in [1.54, 1.807) is 0 Å². The van der Waals surface area contributed by atoms with Crippen molar-refractivity contribution >= 4 is 22.0 Å². The Balaban J connectivity index is 2.92. The van der Waals surface area contributed by atoms with Gasteiger partial charge in [-0.2, -0.15) is 0 Å². The zero-order chi connectivity index (χ0) is 10.1. The first-order valence-corrected chi connectivity index (χ1v) is 6.74. The molecule has 0 rings (SSSR count). The minimum absolute atomic E-state index is 0.807. The molecular formula is C8H20N2O2Sn. The predicted octanol–water partition coefficient (Wildman–Crippen LogP) is -0.323. The van der Waals surface area contributed by atoms with Crippen LogP contribution in [0.4, 0.5) is 0 Å². The van der Waals surface area contributed by atoms with Crippen molar-refractivity contribution in [1.29, 1.82) is 0 Å². The molecule has 0 aromatic rings. The molecule has 0 amide bonds. The molecule has 0 aliphatic carbocycles. The van der Waals surface area contributed by atoms with E-state index in [2.05, 4.69) is 9.80 Å². The summed E-state index contributed by atoms with van der Waals surface area (Å²) in [5.41, 5.74) is 0. The number of hydrogen-bond donors (Lipinski definition) is 0. The van der Waals surface area contributed by atoms with Crippen LogP contribution in [0.3, 0.4) is 0 Å². The number of rotatable bonds is 8. The van der Waals surface area contributed by atoms with Crippen LogP contribution in [0.5, 0.6) is 0 Å². The van der Waals surface area contributed by atoms with E-state index in [1.807, 2.05) is 28.2 Å². The van der Waals surface area contributed by atoms with Crippen molar-refractivity contribution in [2.75, 3.05) is 54.5 Å². The van der Waals surface area contributed by atoms with Gasteiger partial charge < -0.3 is 0 Å². The molecule has 0 atom stereocenters. The van der Waals surface area contributed by atoms with Crippen LogP contribution in [0.25, 0.3) is 0 Å². The molecule has 13 heavy (non-hydrogen) atoms. The van der Waals surface area contributed by atoms with Crippen molar-refractivity contribution < 1.29 is 6.15 Å². The standard InChI is InChI=1S/2C4H10NO.Sn/c2*1-5(2)3-4-6;/h2*3-4H2,1-2H3;/q2*-1;+2. The number of hydrogen-bond acceptors (Lipinski definition) is 4. The van der Waals surface area contributed by atoms with Gasteiger partial charge in [-0.25, -0.2) is 0 Å². The minimum atomic E-state index is -0.982. The molecule has 0 fully saturated rings. The Morgan fingerprint density at radius 2 is 1.23 bits per heavy atom.